The van der Waals surface area contributed by atoms with Gasteiger partial charge in [-0.1, -0.05) is 24.3 Å². The van der Waals surface area contributed by atoms with E-state index in [9.17, 15) is 9.59 Å². The highest BCUT2D eigenvalue weighted by Crippen LogP contribution is 2.17. The Morgan fingerprint density at radius 3 is 2.48 bits per heavy atom. The van der Waals surface area contributed by atoms with Crippen LogP contribution in [-0.4, -0.2) is 22.6 Å². The monoisotopic (exact) mass is 280 g/mol. The minimum atomic E-state index is -0.490. The summed E-state index contributed by atoms with van der Waals surface area (Å²) in [5.74, 6) is -0.0331. The molecule has 2 heterocycles. The van der Waals surface area contributed by atoms with Crippen molar-refractivity contribution in [1.29, 1.82) is 0 Å². The first-order valence-electron chi connectivity index (χ1n) is 6.36. The first kappa shape index (κ1) is 13.1. The Kier molecular flexibility index (Phi) is 3.23. The maximum absolute atomic E-state index is 12.6. The fraction of sp³-hybridized carbons (Fsp3) is 0.0625. The van der Waals surface area contributed by atoms with Crippen LogP contribution in [0.5, 0.6) is 0 Å². The molecular weight excluding hydrogens is 268 g/mol. The molecule has 5 heteroatoms. The second-order valence-corrected chi connectivity index (χ2v) is 4.44. The Labute approximate surface area is 120 Å². The molecule has 104 valence electrons. The van der Waals surface area contributed by atoms with Crippen LogP contribution < -0.4 is 5.56 Å². The molecule has 5 nitrogen and oxygen atoms in total. The quantitative estimate of drug-likeness (QED) is 0.675. The molecule has 0 N–H and O–H groups in total. The lowest BCUT2D eigenvalue weighted by atomic mass is 10.1. The van der Waals surface area contributed by atoms with E-state index in [0.29, 0.717) is 22.2 Å². The summed E-state index contributed by atoms with van der Waals surface area (Å²) in [6.07, 6.45) is 3.06. The van der Waals surface area contributed by atoms with Crippen molar-refractivity contribution in [2.24, 2.45) is 0 Å². The van der Waals surface area contributed by atoms with E-state index in [2.05, 4.69) is 4.98 Å². The number of nitrogens with zero attached hydrogens (tertiary/aromatic N) is 2. The molecular formula is C16H12N2O3. The number of carbonyl (C=O) groups excluding carboxylic acids is 1. The van der Waals surface area contributed by atoms with E-state index in [0.717, 1.165) is 0 Å². The van der Waals surface area contributed by atoms with Crippen LogP contribution in [0.4, 0.5) is 0 Å². The molecule has 21 heavy (non-hydrogen) atoms. The Morgan fingerprint density at radius 2 is 1.81 bits per heavy atom. The van der Waals surface area contributed by atoms with Crippen molar-refractivity contribution >= 4 is 16.7 Å². The molecule has 0 aliphatic rings. The van der Waals surface area contributed by atoms with E-state index in [4.69, 9.17) is 4.74 Å². The van der Waals surface area contributed by atoms with E-state index in [-0.39, 0.29) is 5.56 Å². The molecule has 0 aliphatic heterocycles. The number of methoxy groups -OCH3 is 1. The molecule has 0 saturated heterocycles. The number of carbonyl (C=O) groups is 1. The van der Waals surface area contributed by atoms with Crippen LogP contribution in [0.3, 0.4) is 0 Å². The molecule has 0 bridgehead atoms. The van der Waals surface area contributed by atoms with Crippen LogP contribution in [0.2, 0.25) is 0 Å². The Bertz CT molecular complexity index is 870. The van der Waals surface area contributed by atoms with Gasteiger partial charge in [0.05, 0.1) is 12.7 Å². The first-order chi connectivity index (χ1) is 10.2. The van der Waals surface area contributed by atoms with E-state index < -0.39 is 5.97 Å². The van der Waals surface area contributed by atoms with Gasteiger partial charge in [0, 0.05) is 23.2 Å². The smallest absolute Gasteiger partial charge is 0.340 e. The average Bonchev–Trinajstić information content (AvgIpc) is 2.55. The van der Waals surface area contributed by atoms with E-state index in [1.807, 2.05) is 0 Å². The lowest BCUT2D eigenvalue weighted by Crippen LogP contribution is -2.21. The van der Waals surface area contributed by atoms with Gasteiger partial charge in [0.25, 0.3) is 5.56 Å². The van der Waals surface area contributed by atoms with Crippen LogP contribution in [-0.2, 0) is 4.74 Å². The van der Waals surface area contributed by atoms with E-state index in [1.165, 1.54) is 17.9 Å². The maximum Gasteiger partial charge on any atom is 0.340 e. The summed E-state index contributed by atoms with van der Waals surface area (Å²) >= 11 is 0. The van der Waals surface area contributed by atoms with Gasteiger partial charge in [-0.25, -0.2) is 9.78 Å². The van der Waals surface area contributed by atoms with Gasteiger partial charge >= 0.3 is 5.97 Å². The van der Waals surface area contributed by atoms with Gasteiger partial charge < -0.3 is 4.74 Å². The zero-order chi connectivity index (χ0) is 14.8. The summed E-state index contributed by atoms with van der Waals surface area (Å²) in [5, 5.41) is 1.02. The molecule has 0 radical (unpaired) electrons. The molecule has 0 spiro atoms. The molecule has 0 saturated carbocycles. The number of aromatic nitrogens is 2. The third kappa shape index (κ3) is 2.18. The third-order valence-electron chi connectivity index (χ3n) is 3.23. The van der Waals surface area contributed by atoms with Gasteiger partial charge in [-0.05, 0) is 18.2 Å². The zero-order valence-electron chi connectivity index (χ0n) is 11.3. The number of rotatable bonds is 2. The van der Waals surface area contributed by atoms with Crippen LogP contribution in [0.25, 0.3) is 16.6 Å². The number of hydrogen-bond donors (Lipinski definition) is 0. The molecule has 0 amide bonds. The molecule has 0 unspecified atom stereocenters. The summed E-state index contributed by atoms with van der Waals surface area (Å²) in [6.45, 7) is 0. The van der Waals surface area contributed by atoms with E-state index in [1.54, 1.807) is 48.7 Å². The predicted molar refractivity (Wildman–Crippen MR) is 78.7 cm³/mol. The van der Waals surface area contributed by atoms with E-state index >= 15 is 0 Å². The lowest BCUT2D eigenvalue weighted by Gasteiger charge is -2.10. The minimum Gasteiger partial charge on any atom is -0.465 e. The topological polar surface area (TPSA) is 61.2 Å². The summed E-state index contributed by atoms with van der Waals surface area (Å²) in [7, 11) is 1.31. The second-order valence-electron chi connectivity index (χ2n) is 4.44. The molecule has 0 atom stereocenters. The van der Waals surface area contributed by atoms with Crippen LogP contribution in [0.1, 0.15) is 10.4 Å². The Balaban J connectivity index is 2.40. The van der Waals surface area contributed by atoms with Gasteiger partial charge in [-0.2, -0.15) is 0 Å². The molecule has 3 aromatic rings. The fourth-order valence-corrected chi connectivity index (χ4v) is 2.23. The van der Waals surface area contributed by atoms with Crippen LogP contribution in [0, 0.1) is 0 Å². The molecule has 0 aliphatic carbocycles. The highest BCUT2D eigenvalue weighted by atomic mass is 16.5. The highest BCUT2D eigenvalue weighted by molar-refractivity contribution is 6.03. The third-order valence-corrected chi connectivity index (χ3v) is 3.23. The maximum atomic E-state index is 12.6. The van der Waals surface area contributed by atoms with Crippen molar-refractivity contribution in [2.45, 2.75) is 0 Å². The molecule has 0 fully saturated rings. The Morgan fingerprint density at radius 1 is 1.10 bits per heavy atom. The summed E-state index contributed by atoms with van der Waals surface area (Å²) in [6, 6.07) is 12.2. The standard InChI is InChI=1S/C16H12N2O3/c1-21-16(20)13-10-18(14-8-4-5-9-17-14)15(19)12-7-3-2-6-11(12)13/h2-10H,1H3. The van der Waals surface area contributed by atoms with Crippen molar-refractivity contribution in [3.63, 3.8) is 0 Å². The van der Waals surface area contributed by atoms with Gasteiger partial charge in [0.2, 0.25) is 0 Å². The number of fused-ring (bicyclic) bond motifs is 1. The number of hydrogen-bond acceptors (Lipinski definition) is 4. The highest BCUT2D eigenvalue weighted by Gasteiger charge is 2.15. The Hall–Kier alpha value is -2.95. The number of benzene rings is 1. The summed E-state index contributed by atoms with van der Waals surface area (Å²) in [5.41, 5.74) is 0.107. The van der Waals surface area contributed by atoms with Crippen molar-refractivity contribution in [3.05, 3.63) is 70.8 Å². The largest absolute Gasteiger partial charge is 0.465 e. The molecule has 2 aromatic heterocycles. The first-order valence-corrected chi connectivity index (χ1v) is 6.36. The fourth-order valence-electron chi connectivity index (χ4n) is 2.23. The van der Waals surface area contributed by atoms with Crippen molar-refractivity contribution in [3.8, 4) is 5.82 Å². The normalized spacial score (nSPS) is 10.5. The summed E-state index contributed by atoms with van der Waals surface area (Å²) in [4.78, 5) is 28.7. The molecule has 1 aromatic carbocycles. The minimum absolute atomic E-state index is 0.225. The lowest BCUT2D eigenvalue weighted by molar-refractivity contribution is 0.0602. The number of pyridine rings is 2. The van der Waals surface area contributed by atoms with Gasteiger partial charge in [-0.3, -0.25) is 9.36 Å². The SMILES string of the molecule is COC(=O)c1cn(-c2ccccn2)c(=O)c2ccccc12. The average molecular weight is 280 g/mol. The molecule has 3 rings (SSSR count). The van der Waals surface area contributed by atoms with Gasteiger partial charge in [-0.15, -0.1) is 0 Å². The van der Waals surface area contributed by atoms with Crippen molar-refractivity contribution < 1.29 is 9.53 Å². The number of esters is 1. The predicted octanol–water partition coefficient (Wildman–Crippen LogP) is 2.17. The summed E-state index contributed by atoms with van der Waals surface area (Å²) < 4.78 is 6.16. The van der Waals surface area contributed by atoms with Crippen molar-refractivity contribution in [1.82, 2.24) is 9.55 Å². The van der Waals surface area contributed by atoms with Crippen LogP contribution >= 0.6 is 0 Å². The van der Waals surface area contributed by atoms with Crippen molar-refractivity contribution in [2.75, 3.05) is 7.11 Å². The zero-order valence-corrected chi connectivity index (χ0v) is 11.3. The van der Waals surface area contributed by atoms with Gasteiger partial charge in [0.15, 0.2) is 0 Å². The second kappa shape index (κ2) is 5.20. The van der Waals surface area contributed by atoms with Gasteiger partial charge in [0.1, 0.15) is 5.82 Å². The number of ether oxygens (including phenoxy) is 1. The van der Waals surface area contributed by atoms with Crippen LogP contribution in [0.15, 0.2) is 59.7 Å².